The quantitative estimate of drug-likeness (QED) is 0.643. The SMILES string of the molecule is S=P(Cl)(Cl)c1ccccc1. The van der Waals surface area contributed by atoms with Gasteiger partial charge in [-0.1, -0.05) is 64.6 Å². The lowest BCUT2D eigenvalue weighted by atomic mass is 10.4. The minimum Gasteiger partial charge on any atom is -0.0633 e. The Hall–Kier alpha value is 0.450. The number of halogens is 2. The van der Waals surface area contributed by atoms with Gasteiger partial charge in [-0.3, -0.25) is 0 Å². The highest BCUT2D eigenvalue weighted by atomic mass is 35.9. The van der Waals surface area contributed by atoms with Crippen molar-refractivity contribution in [3.05, 3.63) is 30.3 Å². The van der Waals surface area contributed by atoms with E-state index in [1.54, 1.807) is 0 Å². The van der Waals surface area contributed by atoms with Crippen molar-refractivity contribution in [1.82, 2.24) is 0 Å². The number of hydrogen-bond donors (Lipinski definition) is 0. The van der Waals surface area contributed by atoms with Crippen LogP contribution in [-0.4, -0.2) is 0 Å². The summed E-state index contributed by atoms with van der Waals surface area (Å²) < 4.78 is -2.24. The van der Waals surface area contributed by atoms with Gasteiger partial charge in [0.15, 0.2) is 0 Å². The lowest BCUT2D eigenvalue weighted by Gasteiger charge is -2.02. The van der Waals surface area contributed by atoms with Gasteiger partial charge < -0.3 is 0 Å². The largest absolute Gasteiger partial charge is 0.147 e. The van der Waals surface area contributed by atoms with Crippen LogP contribution >= 0.6 is 27.2 Å². The number of rotatable bonds is 1. The van der Waals surface area contributed by atoms with Crippen LogP contribution in [0.25, 0.3) is 0 Å². The lowest BCUT2D eigenvalue weighted by Crippen LogP contribution is -1.93. The summed E-state index contributed by atoms with van der Waals surface area (Å²) in [5.41, 5.74) is 0. The van der Waals surface area contributed by atoms with Gasteiger partial charge in [-0.15, -0.1) is 0 Å². The maximum Gasteiger partial charge on any atom is 0.147 e. The summed E-state index contributed by atoms with van der Waals surface area (Å²) >= 11 is 16.4. The predicted octanol–water partition coefficient (Wildman–Crippen LogP) is 3.10. The predicted molar refractivity (Wildman–Crippen MR) is 52.1 cm³/mol. The van der Waals surface area contributed by atoms with Gasteiger partial charge in [0.25, 0.3) is 0 Å². The van der Waals surface area contributed by atoms with Crippen molar-refractivity contribution in [2.75, 3.05) is 0 Å². The lowest BCUT2D eigenvalue weighted by molar-refractivity contribution is 1.78. The normalized spacial score (nSPS) is 11.4. The van der Waals surface area contributed by atoms with Crippen LogP contribution in [0.4, 0.5) is 0 Å². The molecular formula is C6H5Cl2PS. The van der Waals surface area contributed by atoms with Gasteiger partial charge in [0.2, 0.25) is 0 Å². The Morgan fingerprint density at radius 3 is 1.90 bits per heavy atom. The Bertz CT molecular complexity index is 254. The van der Waals surface area contributed by atoms with E-state index in [2.05, 4.69) is 0 Å². The molecule has 0 aromatic heterocycles. The van der Waals surface area contributed by atoms with Crippen LogP contribution < -0.4 is 5.30 Å². The first-order chi connectivity index (χ1) is 4.61. The van der Waals surface area contributed by atoms with E-state index in [0.717, 1.165) is 5.30 Å². The molecule has 0 aliphatic carbocycles. The molecule has 0 nitrogen and oxygen atoms in total. The van der Waals surface area contributed by atoms with Crippen LogP contribution in [0.5, 0.6) is 0 Å². The molecule has 0 spiro atoms. The molecule has 0 unspecified atom stereocenters. The maximum atomic E-state index is 5.75. The second kappa shape index (κ2) is 3.23. The first kappa shape index (κ1) is 8.55. The van der Waals surface area contributed by atoms with Crippen LogP contribution in [0.1, 0.15) is 0 Å². The van der Waals surface area contributed by atoms with Crippen molar-refractivity contribution in [2.24, 2.45) is 0 Å². The molecule has 0 radical (unpaired) electrons. The van der Waals surface area contributed by atoms with Crippen LogP contribution in [0.15, 0.2) is 30.3 Å². The summed E-state index contributed by atoms with van der Waals surface area (Å²) in [6.45, 7) is 0. The standard InChI is InChI=1S/C6H5Cl2PS/c7-9(8,10)6-4-2-1-3-5-6/h1-5H. The fraction of sp³-hybridized carbons (Fsp3) is 0. The van der Waals surface area contributed by atoms with E-state index < -0.39 is 4.74 Å². The zero-order valence-corrected chi connectivity index (χ0v) is 8.22. The average molecular weight is 211 g/mol. The summed E-state index contributed by atoms with van der Waals surface area (Å²) in [7, 11) is 0. The van der Waals surface area contributed by atoms with Crippen molar-refractivity contribution in [1.29, 1.82) is 0 Å². The van der Waals surface area contributed by atoms with Gasteiger partial charge in [0, 0.05) is 5.30 Å². The van der Waals surface area contributed by atoms with Gasteiger partial charge in [0.1, 0.15) is 4.74 Å². The Kier molecular flexibility index (Phi) is 2.76. The minimum absolute atomic E-state index is 0.855. The zero-order chi connectivity index (χ0) is 7.61. The average Bonchev–Trinajstić information content (AvgIpc) is 1.88. The molecular weight excluding hydrogens is 206 g/mol. The van der Waals surface area contributed by atoms with Gasteiger partial charge in [-0.25, -0.2) is 0 Å². The molecule has 0 aliphatic rings. The van der Waals surface area contributed by atoms with E-state index in [0.29, 0.717) is 0 Å². The summed E-state index contributed by atoms with van der Waals surface area (Å²) in [5.74, 6) is 0. The van der Waals surface area contributed by atoms with E-state index >= 15 is 0 Å². The third kappa shape index (κ3) is 2.25. The molecule has 4 heteroatoms. The Labute approximate surface area is 74.7 Å². The molecule has 0 amide bonds. The second-order valence-corrected chi connectivity index (χ2v) is 9.65. The summed E-state index contributed by atoms with van der Waals surface area (Å²) in [6.07, 6.45) is 0. The van der Waals surface area contributed by atoms with Gasteiger partial charge in [-0.05, 0) is 0 Å². The molecule has 10 heavy (non-hydrogen) atoms. The molecule has 1 rings (SSSR count). The van der Waals surface area contributed by atoms with Crippen LogP contribution in [0.3, 0.4) is 0 Å². The fourth-order valence-corrected chi connectivity index (χ4v) is 2.16. The van der Waals surface area contributed by atoms with Crippen LogP contribution in [0, 0.1) is 0 Å². The molecule has 0 saturated carbocycles. The molecule has 1 aromatic rings. The topological polar surface area (TPSA) is 0 Å². The van der Waals surface area contributed by atoms with Gasteiger partial charge in [0.05, 0.1) is 0 Å². The summed E-state index contributed by atoms with van der Waals surface area (Å²) in [4.78, 5) is 0. The van der Waals surface area contributed by atoms with Crippen molar-refractivity contribution in [3.63, 3.8) is 0 Å². The first-order valence-electron chi connectivity index (χ1n) is 2.65. The third-order valence-corrected chi connectivity index (χ3v) is 3.76. The van der Waals surface area contributed by atoms with Crippen molar-refractivity contribution in [2.45, 2.75) is 0 Å². The fourth-order valence-electron chi connectivity index (χ4n) is 0.602. The molecule has 0 bridgehead atoms. The zero-order valence-electron chi connectivity index (χ0n) is 5.00. The summed E-state index contributed by atoms with van der Waals surface area (Å²) in [5, 5.41) is 0.855. The molecule has 0 fully saturated rings. The van der Waals surface area contributed by atoms with Gasteiger partial charge in [-0.2, -0.15) is 0 Å². The van der Waals surface area contributed by atoms with Crippen LogP contribution in [-0.2, 0) is 11.8 Å². The minimum atomic E-state index is -2.24. The van der Waals surface area contributed by atoms with E-state index in [9.17, 15) is 0 Å². The molecule has 0 saturated heterocycles. The first-order valence-corrected chi connectivity index (χ1v) is 7.27. The second-order valence-electron chi connectivity index (χ2n) is 1.80. The van der Waals surface area contributed by atoms with Gasteiger partial charge >= 0.3 is 0 Å². The monoisotopic (exact) mass is 210 g/mol. The van der Waals surface area contributed by atoms with Crippen molar-refractivity contribution in [3.8, 4) is 0 Å². The molecule has 1 aromatic carbocycles. The summed E-state index contributed by atoms with van der Waals surface area (Å²) in [6, 6.07) is 9.35. The highest BCUT2D eigenvalue weighted by Crippen LogP contribution is 2.55. The molecule has 0 atom stereocenters. The molecule has 0 heterocycles. The smallest absolute Gasteiger partial charge is 0.0633 e. The number of benzene rings is 1. The van der Waals surface area contributed by atoms with Crippen molar-refractivity contribution >= 4 is 44.3 Å². The molecule has 0 N–H and O–H groups in total. The number of hydrogen-bond acceptors (Lipinski definition) is 1. The molecule has 0 aliphatic heterocycles. The van der Waals surface area contributed by atoms with Crippen molar-refractivity contribution < 1.29 is 0 Å². The van der Waals surface area contributed by atoms with E-state index in [4.69, 9.17) is 34.3 Å². The Balaban J connectivity index is 3.09. The van der Waals surface area contributed by atoms with E-state index in [1.807, 2.05) is 30.3 Å². The van der Waals surface area contributed by atoms with E-state index in [-0.39, 0.29) is 0 Å². The molecule has 54 valence electrons. The Morgan fingerprint density at radius 1 is 1.10 bits per heavy atom. The highest BCUT2D eigenvalue weighted by molar-refractivity contribution is 8.42. The third-order valence-electron chi connectivity index (χ3n) is 1.06. The van der Waals surface area contributed by atoms with Crippen LogP contribution in [0.2, 0.25) is 0 Å². The Morgan fingerprint density at radius 2 is 1.60 bits per heavy atom. The highest BCUT2D eigenvalue weighted by Gasteiger charge is 2.09. The van der Waals surface area contributed by atoms with E-state index in [1.165, 1.54) is 0 Å². The maximum absolute atomic E-state index is 5.75.